The summed E-state index contributed by atoms with van der Waals surface area (Å²) in [6.45, 7) is 2.30. The predicted octanol–water partition coefficient (Wildman–Crippen LogP) is 2.85. The molecule has 9 nitrogen and oxygen atoms in total. The number of fused-ring (bicyclic) bond motifs is 4. The second kappa shape index (κ2) is 8.83. The Hall–Kier alpha value is -3.69. The van der Waals surface area contributed by atoms with Crippen LogP contribution in [-0.2, 0) is 11.3 Å². The highest BCUT2D eigenvalue weighted by Gasteiger charge is 2.50. The molecule has 3 fully saturated rings. The van der Waals surface area contributed by atoms with Crippen molar-refractivity contribution in [1.82, 2.24) is 30.2 Å². The Morgan fingerprint density at radius 3 is 2.43 bits per heavy atom. The minimum Gasteiger partial charge on any atom is -0.350 e. The van der Waals surface area contributed by atoms with Gasteiger partial charge in [-0.05, 0) is 68.6 Å². The quantitative estimate of drug-likeness (QED) is 0.504. The lowest BCUT2D eigenvalue weighted by atomic mass is 9.52. The van der Waals surface area contributed by atoms with Crippen LogP contribution in [0.4, 0.5) is 4.39 Å². The third-order valence-electron chi connectivity index (χ3n) is 7.84. The summed E-state index contributed by atoms with van der Waals surface area (Å²) in [6.07, 6.45) is 8.24. The fourth-order valence-corrected chi connectivity index (χ4v) is 5.43. The molecule has 10 heteroatoms. The average Bonchev–Trinajstić information content (AvgIpc) is 3.35. The first-order chi connectivity index (χ1) is 16.8. The number of nitrogens with one attached hydrogen (secondary N) is 2. The van der Waals surface area contributed by atoms with Crippen LogP contribution in [0.25, 0.3) is 5.65 Å². The fourth-order valence-electron chi connectivity index (χ4n) is 5.43. The molecule has 3 aliphatic carbocycles. The van der Waals surface area contributed by atoms with E-state index >= 15 is 0 Å². The number of hydrogen-bond donors (Lipinski definition) is 2. The summed E-state index contributed by atoms with van der Waals surface area (Å²) in [5.41, 5.74) is 1.05. The van der Waals surface area contributed by atoms with Gasteiger partial charge in [0.2, 0.25) is 5.95 Å². The molecule has 0 atom stereocenters. The van der Waals surface area contributed by atoms with Crippen molar-refractivity contribution >= 4 is 23.2 Å². The van der Waals surface area contributed by atoms with Crippen LogP contribution in [0.15, 0.2) is 36.7 Å². The first kappa shape index (κ1) is 23.1. The number of Topliss-reactive ketones (excluding diaryl/α,β-unsaturated/α-hetero) is 1. The summed E-state index contributed by atoms with van der Waals surface area (Å²) in [7, 11) is 0. The van der Waals surface area contributed by atoms with Gasteiger partial charge in [-0.2, -0.15) is 9.49 Å². The van der Waals surface area contributed by atoms with Crippen LogP contribution in [0.5, 0.6) is 0 Å². The molecule has 3 heterocycles. The first-order valence-electron chi connectivity index (χ1n) is 11.8. The Balaban J connectivity index is 1.29. The third kappa shape index (κ3) is 4.40. The van der Waals surface area contributed by atoms with Gasteiger partial charge in [-0.15, -0.1) is 0 Å². The van der Waals surface area contributed by atoms with E-state index in [0.717, 1.165) is 38.5 Å². The molecule has 3 saturated carbocycles. The van der Waals surface area contributed by atoms with Gasteiger partial charge in [-0.1, -0.05) is 0 Å². The van der Waals surface area contributed by atoms with Gasteiger partial charge in [-0.25, -0.2) is 14.5 Å². The molecule has 2 bridgehead atoms. The van der Waals surface area contributed by atoms with Gasteiger partial charge in [0.1, 0.15) is 17.2 Å². The molecule has 0 radical (unpaired) electrons. The maximum absolute atomic E-state index is 13.3. The fraction of sp³-hybridized carbons (Fsp3) is 0.440. The summed E-state index contributed by atoms with van der Waals surface area (Å²) in [4.78, 5) is 45.9. The second-order valence-corrected chi connectivity index (χ2v) is 9.82. The zero-order valence-corrected chi connectivity index (χ0v) is 19.5. The van der Waals surface area contributed by atoms with E-state index in [1.54, 1.807) is 19.1 Å². The third-order valence-corrected chi connectivity index (χ3v) is 7.84. The zero-order chi connectivity index (χ0) is 24.6. The van der Waals surface area contributed by atoms with Gasteiger partial charge in [0.25, 0.3) is 11.8 Å². The van der Waals surface area contributed by atoms with E-state index in [0.29, 0.717) is 17.8 Å². The van der Waals surface area contributed by atoms with Gasteiger partial charge in [0, 0.05) is 36.8 Å². The SMILES string of the molecule is CC(=O)C12CCC(CNC(=O)c3cc(C(=O)NCc4ccnc(F)c4)nc4ccnn34)(CC1)CC2. The van der Waals surface area contributed by atoms with Gasteiger partial charge in [-0.3, -0.25) is 14.4 Å². The maximum atomic E-state index is 13.3. The van der Waals surface area contributed by atoms with Crippen molar-refractivity contribution in [3.8, 4) is 0 Å². The Morgan fingerprint density at radius 2 is 1.74 bits per heavy atom. The van der Waals surface area contributed by atoms with Crippen LogP contribution in [0.2, 0.25) is 0 Å². The highest BCUT2D eigenvalue weighted by Crippen LogP contribution is 2.56. The molecule has 0 unspecified atom stereocenters. The second-order valence-electron chi connectivity index (χ2n) is 9.82. The number of carbonyl (C=O) groups is 3. The van der Waals surface area contributed by atoms with Crippen LogP contribution >= 0.6 is 0 Å². The lowest BCUT2D eigenvalue weighted by Gasteiger charge is -2.52. The van der Waals surface area contributed by atoms with Crippen molar-refractivity contribution in [3.63, 3.8) is 0 Å². The van der Waals surface area contributed by atoms with Gasteiger partial charge in [0.05, 0.1) is 6.20 Å². The Morgan fingerprint density at radius 1 is 1.00 bits per heavy atom. The van der Waals surface area contributed by atoms with Crippen molar-refractivity contribution < 1.29 is 18.8 Å². The molecule has 2 N–H and O–H groups in total. The molecule has 6 rings (SSSR count). The highest BCUT2D eigenvalue weighted by molar-refractivity contribution is 5.98. The average molecular weight is 479 g/mol. The molecule has 0 saturated heterocycles. The van der Waals surface area contributed by atoms with Crippen LogP contribution in [0.3, 0.4) is 0 Å². The summed E-state index contributed by atoms with van der Waals surface area (Å²) < 4.78 is 14.7. The summed E-state index contributed by atoms with van der Waals surface area (Å²) in [5.74, 6) is -1.17. The lowest BCUT2D eigenvalue weighted by Crippen LogP contribution is -2.49. The predicted molar refractivity (Wildman–Crippen MR) is 124 cm³/mol. The normalized spacial score (nSPS) is 23.3. The molecule has 2 amide bonds. The van der Waals surface area contributed by atoms with E-state index < -0.39 is 11.9 Å². The lowest BCUT2D eigenvalue weighted by molar-refractivity contribution is -0.135. The van der Waals surface area contributed by atoms with Crippen molar-refractivity contribution in [3.05, 3.63) is 59.6 Å². The van der Waals surface area contributed by atoms with Crippen LogP contribution < -0.4 is 10.6 Å². The zero-order valence-electron chi connectivity index (χ0n) is 19.5. The van der Waals surface area contributed by atoms with Crippen molar-refractivity contribution in [2.24, 2.45) is 10.8 Å². The number of nitrogens with zero attached hydrogens (tertiary/aromatic N) is 4. The van der Waals surface area contributed by atoms with E-state index in [1.807, 2.05) is 0 Å². The number of aromatic nitrogens is 4. The molecule has 0 spiro atoms. The minimum atomic E-state index is -0.628. The molecular formula is C25H27FN6O3. The standard InChI is InChI=1S/C25H27FN6O3/c1-16(33)25-7-4-24(5-8-25,6-9-25)15-29-23(35)19-13-18(31-21-3-11-30-32(19)21)22(34)28-14-17-2-10-27-20(26)12-17/h2-3,10-13H,4-9,14-15H2,1H3,(H,28,34)(H,29,35). The molecule has 35 heavy (non-hydrogen) atoms. The smallest absolute Gasteiger partial charge is 0.270 e. The van der Waals surface area contributed by atoms with Crippen LogP contribution in [0, 0.1) is 16.8 Å². The van der Waals surface area contributed by atoms with Crippen molar-refractivity contribution in [1.29, 1.82) is 0 Å². The van der Waals surface area contributed by atoms with E-state index in [-0.39, 0.29) is 40.5 Å². The van der Waals surface area contributed by atoms with Gasteiger partial charge in [0.15, 0.2) is 5.65 Å². The van der Waals surface area contributed by atoms with E-state index in [4.69, 9.17) is 0 Å². The van der Waals surface area contributed by atoms with Crippen LogP contribution in [-0.4, -0.2) is 43.7 Å². The Labute approximate surface area is 201 Å². The number of ketones is 1. The summed E-state index contributed by atoms with van der Waals surface area (Å²) in [6, 6.07) is 5.88. The first-order valence-corrected chi connectivity index (χ1v) is 11.8. The van der Waals surface area contributed by atoms with Gasteiger partial charge >= 0.3 is 0 Å². The number of hydrogen-bond acceptors (Lipinski definition) is 6. The molecule has 3 aromatic rings. The van der Waals surface area contributed by atoms with Crippen LogP contribution in [0.1, 0.15) is 72.0 Å². The number of amides is 2. The largest absolute Gasteiger partial charge is 0.350 e. The highest BCUT2D eigenvalue weighted by atomic mass is 19.1. The minimum absolute atomic E-state index is 0.00312. The van der Waals surface area contributed by atoms with E-state index in [2.05, 4.69) is 25.7 Å². The Bertz CT molecular complexity index is 1300. The summed E-state index contributed by atoms with van der Waals surface area (Å²) >= 11 is 0. The topological polar surface area (TPSA) is 118 Å². The van der Waals surface area contributed by atoms with E-state index in [9.17, 15) is 18.8 Å². The van der Waals surface area contributed by atoms with Crippen molar-refractivity contribution in [2.75, 3.05) is 6.54 Å². The molecular weight excluding hydrogens is 451 g/mol. The summed E-state index contributed by atoms with van der Waals surface area (Å²) in [5, 5.41) is 9.93. The van der Waals surface area contributed by atoms with E-state index in [1.165, 1.54) is 29.0 Å². The molecule has 3 aliphatic rings. The van der Waals surface area contributed by atoms with Crippen molar-refractivity contribution in [2.45, 2.75) is 52.0 Å². The number of rotatable bonds is 7. The maximum Gasteiger partial charge on any atom is 0.270 e. The molecule has 182 valence electrons. The monoisotopic (exact) mass is 478 g/mol. The molecule has 0 aliphatic heterocycles. The molecule has 0 aromatic carbocycles. The molecule has 3 aromatic heterocycles. The van der Waals surface area contributed by atoms with Gasteiger partial charge < -0.3 is 10.6 Å². The Kier molecular flexibility index (Phi) is 5.82. The number of halogens is 1. The number of pyridine rings is 1. The number of carbonyl (C=O) groups excluding carboxylic acids is 3.